The predicted octanol–water partition coefficient (Wildman–Crippen LogP) is 0.131. The first-order chi connectivity index (χ1) is 8.73. The summed E-state index contributed by atoms with van der Waals surface area (Å²) in [5, 5.41) is 10.4. The van der Waals surface area contributed by atoms with E-state index in [1.807, 2.05) is 0 Å². The second-order valence-corrected chi connectivity index (χ2v) is 4.09. The number of likely N-dealkylation sites (tertiary alicyclic amines) is 1. The molecule has 2 N–H and O–H groups in total. The van der Waals surface area contributed by atoms with Gasteiger partial charge in [0.25, 0.3) is 0 Å². The monoisotopic (exact) mass is 282 g/mol. The molecule has 1 unspecified atom stereocenters. The average molecular weight is 282 g/mol. The molecule has 1 saturated heterocycles. The molecular formula is C10H13F3N2O4. The molecule has 19 heavy (non-hydrogen) atoms. The summed E-state index contributed by atoms with van der Waals surface area (Å²) in [7, 11) is 0. The van der Waals surface area contributed by atoms with E-state index in [2.05, 4.69) is 0 Å². The van der Waals surface area contributed by atoms with Gasteiger partial charge >= 0.3 is 18.1 Å². The highest BCUT2D eigenvalue weighted by Crippen LogP contribution is 2.18. The maximum atomic E-state index is 11.9. The second-order valence-electron chi connectivity index (χ2n) is 4.09. The minimum Gasteiger partial charge on any atom is -0.480 e. The summed E-state index contributed by atoms with van der Waals surface area (Å²) < 4.78 is 35.6. The smallest absolute Gasteiger partial charge is 0.471 e. The SMILES string of the molecule is O=C(O)C1CCCN1C(=O)CCNC(=O)C(F)(F)F. The Morgan fingerprint density at radius 3 is 2.47 bits per heavy atom. The third-order valence-corrected chi connectivity index (χ3v) is 2.74. The lowest BCUT2D eigenvalue weighted by molar-refractivity contribution is -0.173. The molecular weight excluding hydrogens is 269 g/mol. The van der Waals surface area contributed by atoms with Crippen molar-refractivity contribution < 1.29 is 32.7 Å². The summed E-state index contributed by atoms with van der Waals surface area (Å²) in [6.45, 7) is -0.205. The van der Waals surface area contributed by atoms with E-state index in [0.29, 0.717) is 12.8 Å². The highest BCUT2D eigenvalue weighted by molar-refractivity contribution is 5.85. The summed E-state index contributed by atoms with van der Waals surface area (Å²) >= 11 is 0. The number of rotatable bonds is 4. The summed E-state index contributed by atoms with van der Waals surface area (Å²) in [5.74, 6) is -3.82. The Hall–Kier alpha value is -1.80. The molecule has 6 nitrogen and oxygen atoms in total. The number of carbonyl (C=O) groups is 3. The van der Waals surface area contributed by atoms with Crippen LogP contribution in [0.4, 0.5) is 13.2 Å². The van der Waals surface area contributed by atoms with Crippen LogP contribution in [0.15, 0.2) is 0 Å². The van der Waals surface area contributed by atoms with Crippen molar-refractivity contribution in [3.05, 3.63) is 0 Å². The van der Waals surface area contributed by atoms with Crippen molar-refractivity contribution in [1.29, 1.82) is 0 Å². The molecule has 0 aliphatic carbocycles. The van der Waals surface area contributed by atoms with E-state index >= 15 is 0 Å². The molecule has 1 aliphatic rings. The zero-order valence-electron chi connectivity index (χ0n) is 9.87. The van der Waals surface area contributed by atoms with Crippen LogP contribution in [0.2, 0.25) is 0 Å². The quantitative estimate of drug-likeness (QED) is 0.767. The van der Waals surface area contributed by atoms with Crippen molar-refractivity contribution in [1.82, 2.24) is 10.2 Å². The van der Waals surface area contributed by atoms with Gasteiger partial charge in [0.2, 0.25) is 5.91 Å². The first-order valence-electron chi connectivity index (χ1n) is 5.60. The zero-order valence-corrected chi connectivity index (χ0v) is 9.87. The van der Waals surface area contributed by atoms with Crippen LogP contribution >= 0.6 is 0 Å². The standard InChI is InChI=1S/C10H13F3N2O4/c11-10(12,13)9(19)14-4-3-7(16)15-5-1-2-6(15)8(17)18/h6H,1-5H2,(H,14,19)(H,17,18). The largest absolute Gasteiger partial charge is 0.480 e. The van der Waals surface area contributed by atoms with Gasteiger partial charge in [-0.25, -0.2) is 4.79 Å². The number of nitrogens with zero attached hydrogens (tertiary/aromatic N) is 1. The summed E-state index contributed by atoms with van der Waals surface area (Å²) in [4.78, 5) is 34.0. The molecule has 0 saturated carbocycles. The number of hydrogen-bond acceptors (Lipinski definition) is 3. The van der Waals surface area contributed by atoms with Crippen LogP contribution in [0.3, 0.4) is 0 Å². The van der Waals surface area contributed by atoms with Gasteiger partial charge in [0.05, 0.1) is 0 Å². The molecule has 0 aromatic carbocycles. The van der Waals surface area contributed by atoms with E-state index in [4.69, 9.17) is 5.11 Å². The Balaban J connectivity index is 2.40. The van der Waals surface area contributed by atoms with Crippen molar-refractivity contribution in [2.24, 2.45) is 0 Å². The van der Waals surface area contributed by atoms with E-state index < -0.39 is 36.5 Å². The Morgan fingerprint density at radius 1 is 1.32 bits per heavy atom. The van der Waals surface area contributed by atoms with Crippen LogP contribution in [0.1, 0.15) is 19.3 Å². The lowest BCUT2D eigenvalue weighted by Gasteiger charge is -2.21. The number of hydrogen-bond donors (Lipinski definition) is 2. The van der Waals surface area contributed by atoms with Crippen LogP contribution in [0, 0.1) is 0 Å². The van der Waals surface area contributed by atoms with Crippen molar-refractivity contribution in [2.45, 2.75) is 31.5 Å². The molecule has 0 spiro atoms. The molecule has 0 bridgehead atoms. The van der Waals surface area contributed by atoms with Crippen LogP contribution < -0.4 is 5.32 Å². The first kappa shape index (κ1) is 15.3. The number of halogens is 3. The summed E-state index contributed by atoms with van der Waals surface area (Å²) in [6.07, 6.45) is -4.47. The number of amides is 2. The fourth-order valence-electron chi connectivity index (χ4n) is 1.85. The van der Waals surface area contributed by atoms with Gasteiger partial charge in [0.15, 0.2) is 0 Å². The van der Waals surface area contributed by atoms with Gasteiger partial charge in [-0.15, -0.1) is 0 Å². The van der Waals surface area contributed by atoms with Crippen LogP contribution in [0.5, 0.6) is 0 Å². The first-order valence-corrected chi connectivity index (χ1v) is 5.60. The molecule has 1 rings (SSSR count). The van der Waals surface area contributed by atoms with Crippen molar-refractivity contribution in [3.8, 4) is 0 Å². The van der Waals surface area contributed by atoms with E-state index in [1.54, 1.807) is 5.32 Å². The normalized spacial score (nSPS) is 19.3. The highest BCUT2D eigenvalue weighted by atomic mass is 19.4. The van der Waals surface area contributed by atoms with Gasteiger partial charge in [-0.1, -0.05) is 0 Å². The zero-order chi connectivity index (χ0) is 14.6. The second kappa shape index (κ2) is 5.89. The van der Waals surface area contributed by atoms with Gasteiger partial charge < -0.3 is 15.3 Å². The minimum atomic E-state index is -4.99. The number of aliphatic carboxylic acids is 1. The van der Waals surface area contributed by atoms with Gasteiger partial charge in [-0.05, 0) is 12.8 Å². The van der Waals surface area contributed by atoms with E-state index in [-0.39, 0.29) is 13.0 Å². The maximum absolute atomic E-state index is 11.9. The maximum Gasteiger partial charge on any atom is 0.471 e. The van der Waals surface area contributed by atoms with Crippen molar-refractivity contribution in [2.75, 3.05) is 13.1 Å². The molecule has 0 aromatic heterocycles. The topological polar surface area (TPSA) is 86.7 Å². The Morgan fingerprint density at radius 2 is 1.95 bits per heavy atom. The molecule has 9 heteroatoms. The molecule has 1 fully saturated rings. The molecule has 108 valence electrons. The minimum absolute atomic E-state index is 0.267. The van der Waals surface area contributed by atoms with E-state index in [0.717, 1.165) is 4.90 Å². The Bertz CT molecular complexity index is 383. The number of alkyl halides is 3. The highest BCUT2D eigenvalue weighted by Gasteiger charge is 2.38. The third kappa shape index (κ3) is 4.11. The molecule has 1 heterocycles. The van der Waals surface area contributed by atoms with Gasteiger partial charge in [-0.3, -0.25) is 9.59 Å². The van der Waals surface area contributed by atoms with Crippen LogP contribution in [-0.2, 0) is 14.4 Å². The molecule has 2 amide bonds. The Labute approximate surface area is 106 Å². The van der Waals surface area contributed by atoms with Crippen LogP contribution in [0.25, 0.3) is 0 Å². The van der Waals surface area contributed by atoms with Crippen molar-refractivity contribution >= 4 is 17.8 Å². The lowest BCUT2D eigenvalue weighted by atomic mass is 10.2. The number of carboxylic acids is 1. The predicted molar refractivity (Wildman–Crippen MR) is 56.1 cm³/mol. The molecule has 1 aliphatic heterocycles. The molecule has 0 aromatic rings. The van der Waals surface area contributed by atoms with E-state index in [9.17, 15) is 27.6 Å². The van der Waals surface area contributed by atoms with E-state index in [1.165, 1.54) is 0 Å². The van der Waals surface area contributed by atoms with Gasteiger partial charge in [0, 0.05) is 19.5 Å². The summed E-state index contributed by atoms with van der Waals surface area (Å²) in [5.41, 5.74) is 0. The van der Waals surface area contributed by atoms with Crippen molar-refractivity contribution in [3.63, 3.8) is 0 Å². The van der Waals surface area contributed by atoms with Gasteiger partial charge in [0.1, 0.15) is 6.04 Å². The number of carboxylic acid groups (broad SMARTS) is 1. The lowest BCUT2D eigenvalue weighted by Crippen LogP contribution is -2.43. The fourth-order valence-corrected chi connectivity index (χ4v) is 1.85. The van der Waals surface area contributed by atoms with Gasteiger partial charge in [-0.2, -0.15) is 13.2 Å². The fraction of sp³-hybridized carbons (Fsp3) is 0.700. The molecule has 1 atom stereocenters. The Kier molecular flexibility index (Phi) is 4.73. The van der Waals surface area contributed by atoms with Crippen LogP contribution in [-0.4, -0.2) is 53.1 Å². The number of carbonyl (C=O) groups excluding carboxylic acids is 2. The molecule has 0 radical (unpaired) electrons. The number of nitrogens with one attached hydrogen (secondary N) is 1. The average Bonchev–Trinajstić information content (AvgIpc) is 2.76. The third-order valence-electron chi connectivity index (χ3n) is 2.74. The summed E-state index contributed by atoms with van der Waals surface area (Å²) in [6, 6.07) is -0.925.